The van der Waals surface area contributed by atoms with E-state index in [9.17, 15) is 4.39 Å². The van der Waals surface area contributed by atoms with Crippen molar-refractivity contribution in [2.45, 2.75) is 26.8 Å². The van der Waals surface area contributed by atoms with Crippen LogP contribution in [-0.4, -0.2) is 6.04 Å². The van der Waals surface area contributed by atoms with Crippen molar-refractivity contribution in [3.05, 3.63) is 30.1 Å². The number of anilines is 1. The first-order valence-electron chi connectivity index (χ1n) is 4.62. The van der Waals surface area contributed by atoms with E-state index in [2.05, 4.69) is 26.1 Å². The lowest BCUT2D eigenvalue weighted by Gasteiger charge is -2.18. The molecule has 1 rings (SSSR count). The third kappa shape index (κ3) is 2.72. The number of rotatable bonds is 3. The van der Waals surface area contributed by atoms with E-state index in [0.717, 1.165) is 0 Å². The fourth-order valence-corrected chi connectivity index (χ4v) is 0.990. The number of benzene rings is 1. The Balaban J connectivity index is 2.69. The van der Waals surface area contributed by atoms with Crippen LogP contribution >= 0.6 is 0 Å². The molecule has 0 radical (unpaired) electrons. The molecule has 1 nitrogen and oxygen atoms in total. The molecule has 0 fully saturated rings. The molecule has 0 saturated heterocycles. The molecule has 1 unspecified atom stereocenters. The Morgan fingerprint density at radius 1 is 1.15 bits per heavy atom. The van der Waals surface area contributed by atoms with E-state index in [-0.39, 0.29) is 11.9 Å². The van der Waals surface area contributed by atoms with E-state index >= 15 is 0 Å². The molecule has 0 amide bonds. The largest absolute Gasteiger partial charge is 0.380 e. The first kappa shape index (κ1) is 10.0. The van der Waals surface area contributed by atoms with Crippen LogP contribution in [0.4, 0.5) is 10.1 Å². The van der Waals surface area contributed by atoms with Gasteiger partial charge in [0.1, 0.15) is 5.82 Å². The van der Waals surface area contributed by atoms with Gasteiger partial charge < -0.3 is 5.32 Å². The summed E-state index contributed by atoms with van der Waals surface area (Å²) in [6.07, 6.45) is 0. The van der Waals surface area contributed by atoms with Crippen LogP contribution in [0.2, 0.25) is 0 Å². The minimum absolute atomic E-state index is 0.185. The standard InChI is InChI=1S/C11H16FN/c1-8(2)9(3)13-11-7-5-4-6-10(11)12/h4-9,13H,1-3H3. The summed E-state index contributed by atoms with van der Waals surface area (Å²) >= 11 is 0. The Hall–Kier alpha value is -1.05. The number of nitrogens with one attached hydrogen (secondary N) is 1. The van der Waals surface area contributed by atoms with Crippen molar-refractivity contribution in [1.29, 1.82) is 0 Å². The lowest BCUT2D eigenvalue weighted by atomic mass is 10.1. The SMILES string of the molecule is CC(C)C(C)Nc1ccccc1F. The third-order valence-corrected chi connectivity index (χ3v) is 2.26. The van der Waals surface area contributed by atoms with Crippen molar-refractivity contribution >= 4 is 5.69 Å². The van der Waals surface area contributed by atoms with Crippen molar-refractivity contribution in [3.63, 3.8) is 0 Å². The van der Waals surface area contributed by atoms with Gasteiger partial charge in [-0.3, -0.25) is 0 Å². The van der Waals surface area contributed by atoms with E-state index < -0.39 is 0 Å². The van der Waals surface area contributed by atoms with Crippen LogP contribution in [-0.2, 0) is 0 Å². The molecule has 0 aliphatic heterocycles. The van der Waals surface area contributed by atoms with E-state index in [4.69, 9.17) is 0 Å². The second-order valence-electron chi connectivity index (χ2n) is 3.66. The van der Waals surface area contributed by atoms with Gasteiger partial charge in [-0.1, -0.05) is 26.0 Å². The minimum Gasteiger partial charge on any atom is -0.380 e. The normalized spacial score (nSPS) is 13.0. The van der Waals surface area contributed by atoms with Crippen molar-refractivity contribution in [2.24, 2.45) is 5.92 Å². The van der Waals surface area contributed by atoms with E-state index in [1.165, 1.54) is 6.07 Å². The maximum Gasteiger partial charge on any atom is 0.146 e. The topological polar surface area (TPSA) is 12.0 Å². The molecule has 0 bridgehead atoms. The molecule has 13 heavy (non-hydrogen) atoms. The van der Waals surface area contributed by atoms with Crippen LogP contribution in [0.5, 0.6) is 0 Å². The van der Waals surface area contributed by atoms with Crippen molar-refractivity contribution in [1.82, 2.24) is 0 Å². The number of halogens is 1. The zero-order valence-corrected chi connectivity index (χ0v) is 8.34. The molecule has 0 saturated carbocycles. The summed E-state index contributed by atoms with van der Waals surface area (Å²) in [5.74, 6) is 0.314. The zero-order chi connectivity index (χ0) is 9.84. The maximum atomic E-state index is 13.2. The number of para-hydroxylation sites is 1. The Kier molecular flexibility index (Phi) is 3.29. The highest BCUT2D eigenvalue weighted by Crippen LogP contribution is 2.15. The summed E-state index contributed by atoms with van der Waals surface area (Å²) in [7, 11) is 0. The average molecular weight is 181 g/mol. The molecule has 2 heteroatoms. The predicted octanol–water partition coefficient (Wildman–Crippen LogP) is 3.28. The van der Waals surface area contributed by atoms with Gasteiger partial charge in [-0.25, -0.2) is 4.39 Å². The van der Waals surface area contributed by atoms with E-state index in [1.54, 1.807) is 12.1 Å². The monoisotopic (exact) mass is 181 g/mol. The summed E-state index contributed by atoms with van der Waals surface area (Å²) < 4.78 is 13.2. The van der Waals surface area contributed by atoms with Crippen molar-refractivity contribution in [3.8, 4) is 0 Å². The molecular weight excluding hydrogens is 165 g/mol. The molecule has 0 aromatic heterocycles. The van der Waals surface area contributed by atoms with Gasteiger partial charge in [0.2, 0.25) is 0 Å². The molecule has 0 aliphatic rings. The van der Waals surface area contributed by atoms with Crippen molar-refractivity contribution < 1.29 is 4.39 Å². The Morgan fingerprint density at radius 3 is 2.31 bits per heavy atom. The Morgan fingerprint density at radius 2 is 1.77 bits per heavy atom. The molecule has 1 aromatic carbocycles. The molecular formula is C11H16FN. The van der Waals surface area contributed by atoms with Gasteiger partial charge in [-0.15, -0.1) is 0 Å². The molecule has 0 aliphatic carbocycles. The highest BCUT2D eigenvalue weighted by atomic mass is 19.1. The smallest absolute Gasteiger partial charge is 0.146 e. The summed E-state index contributed by atoms with van der Waals surface area (Å²) in [6.45, 7) is 6.27. The van der Waals surface area contributed by atoms with Crippen LogP contribution in [0.1, 0.15) is 20.8 Å². The zero-order valence-electron chi connectivity index (χ0n) is 8.34. The Bertz CT molecular complexity index is 271. The fraction of sp³-hybridized carbons (Fsp3) is 0.455. The summed E-state index contributed by atoms with van der Waals surface area (Å²) in [6, 6.07) is 7.04. The second-order valence-corrected chi connectivity index (χ2v) is 3.66. The molecule has 0 heterocycles. The molecule has 1 aromatic rings. The van der Waals surface area contributed by atoms with Gasteiger partial charge in [0.15, 0.2) is 0 Å². The van der Waals surface area contributed by atoms with Gasteiger partial charge in [-0.2, -0.15) is 0 Å². The second kappa shape index (κ2) is 4.26. The third-order valence-electron chi connectivity index (χ3n) is 2.26. The number of hydrogen-bond acceptors (Lipinski definition) is 1. The Labute approximate surface area is 79.0 Å². The first-order valence-corrected chi connectivity index (χ1v) is 4.62. The minimum atomic E-state index is -0.185. The molecule has 0 spiro atoms. The highest BCUT2D eigenvalue weighted by molar-refractivity contribution is 5.45. The van der Waals surface area contributed by atoms with Crippen LogP contribution in [0.3, 0.4) is 0 Å². The quantitative estimate of drug-likeness (QED) is 0.754. The van der Waals surface area contributed by atoms with E-state index in [1.807, 2.05) is 6.07 Å². The van der Waals surface area contributed by atoms with Crippen LogP contribution in [0.25, 0.3) is 0 Å². The van der Waals surface area contributed by atoms with Crippen molar-refractivity contribution in [2.75, 3.05) is 5.32 Å². The molecule has 1 N–H and O–H groups in total. The lowest BCUT2D eigenvalue weighted by molar-refractivity contribution is 0.552. The first-order chi connectivity index (χ1) is 6.11. The predicted molar refractivity (Wildman–Crippen MR) is 54.3 cm³/mol. The average Bonchev–Trinajstić information content (AvgIpc) is 2.08. The van der Waals surface area contributed by atoms with Crippen LogP contribution in [0, 0.1) is 11.7 Å². The number of hydrogen-bond donors (Lipinski definition) is 1. The van der Waals surface area contributed by atoms with Gasteiger partial charge >= 0.3 is 0 Å². The maximum absolute atomic E-state index is 13.2. The highest BCUT2D eigenvalue weighted by Gasteiger charge is 2.08. The van der Waals surface area contributed by atoms with Crippen LogP contribution < -0.4 is 5.32 Å². The van der Waals surface area contributed by atoms with Crippen LogP contribution in [0.15, 0.2) is 24.3 Å². The van der Waals surface area contributed by atoms with Gasteiger partial charge in [-0.05, 0) is 25.0 Å². The molecule has 72 valence electrons. The van der Waals surface area contributed by atoms with Gasteiger partial charge in [0, 0.05) is 6.04 Å². The molecule has 1 atom stereocenters. The summed E-state index contributed by atoms with van der Waals surface area (Å²) in [5.41, 5.74) is 0.587. The van der Waals surface area contributed by atoms with E-state index in [0.29, 0.717) is 11.6 Å². The lowest BCUT2D eigenvalue weighted by Crippen LogP contribution is -2.21. The van der Waals surface area contributed by atoms with Gasteiger partial charge in [0.25, 0.3) is 0 Å². The fourth-order valence-electron chi connectivity index (χ4n) is 0.990. The summed E-state index contributed by atoms with van der Waals surface area (Å²) in [4.78, 5) is 0. The van der Waals surface area contributed by atoms with Gasteiger partial charge in [0.05, 0.1) is 5.69 Å². The summed E-state index contributed by atoms with van der Waals surface area (Å²) in [5, 5.41) is 3.13.